The monoisotopic (exact) mass is 392 g/mol. The fourth-order valence-electron chi connectivity index (χ4n) is 4.06. The Morgan fingerprint density at radius 1 is 1.28 bits per heavy atom. The molecule has 0 radical (unpaired) electrons. The molecule has 1 N–H and O–H groups in total. The van der Waals surface area contributed by atoms with E-state index in [2.05, 4.69) is 16.3 Å². The highest BCUT2D eigenvalue weighted by Gasteiger charge is 2.33. The number of nitro groups is 1. The highest BCUT2D eigenvalue weighted by Crippen LogP contribution is 2.35. The van der Waals surface area contributed by atoms with Crippen LogP contribution in [0.3, 0.4) is 0 Å². The Bertz CT molecular complexity index is 915. The SMILES string of the molecule is CCNC(=O)C(c1ccccc1)C1CCN(c2ccc([N+](=O)[O-])cc2C#N)CC1. The van der Waals surface area contributed by atoms with E-state index < -0.39 is 4.92 Å². The van der Waals surface area contributed by atoms with Crippen LogP contribution in [-0.2, 0) is 4.79 Å². The van der Waals surface area contributed by atoms with E-state index >= 15 is 0 Å². The lowest BCUT2D eigenvalue weighted by Crippen LogP contribution is -2.40. The van der Waals surface area contributed by atoms with Gasteiger partial charge >= 0.3 is 0 Å². The van der Waals surface area contributed by atoms with Crippen LogP contribution in [0.5, 0.6) is 0 Å². The van der Waals surface area contributed by atoms with Gasteiger partial charge in [0.05, 0.1) is 22.1 Å². The summed E-state index contributed by atoms with van der Waals surface area (Å²) in [5.74, 6) is 0.0413. The Morgan fingerprint density at radius 2 is 1.97 bits per heavy atom. The largest absolute Gasteiger partial charge is 0.370 e. The van der Waals surface area contributed by atoms with E-state index in [1.54, 1.807) is 6.07 Å². The maximum atomic E-state index is 12.8. The summed E-state index contributed by atoms with van der Waals surface area (Å²) in [6.45, 7) is 3.90. The van der Waals surface area contributed by atoms with Crippen molar-refractivity contribution in [3.05, 3.63) is 69.8 Å². The van der Waals surface area contributed by atoms with Crippen LogP contribution in [0.15, 0.2) is 48.5 Å². The molecule has 1 heterocycles. The van der Waals surface area contributed by atoms with Crippen molar-refractivity contribution in [1.29, 1.82) is 5.26 Å². The minimum Gasteiger partial charge on any atom is -0.370 e. The summed E-state index contributed by atoms with van der Waals surface area (Å²) in [5, 5.41) is 23.4. The highest BCUT2D eigenvalue weighted by atomic mass is 16.6. The third kappa shape index (κ3) is 4.54. The molecule has 3 rings (SSSR count). The second-order valence-electron chi connectivity index (χ2n) is 7.18. The van der Waals surface area contributed by atoms with E-state index in [9.17, 15) is 20.2 Å². The first-order valence-corrected chi connectivity index (χ1v) is 9.81. The van der Waals surface area contributed by atoms with Crippen LogP contribution in [0.1, 0.15) is 36.8 Å². The number of non-ortho nitro benzene ring substituents is 1. The smallest absolute Gasteiger partial charge is 0.270 e. The number of hydrogen-bond donors (Lipinski definition) is 1. The second-order valence-corrected chi connectivity index (χ2v) is 7.18. The van der Waals surface area contributed by atoms with E-state index in [0.29, 0.717) is 30.9 Å². The number of hydrogen-bond acceptors (Lipinski definition) is 5. The van der Waals surface area contributed by atoms with E-state index in [1.165, 1.54) is 12.1 Å². The molecule has 0 spiro atoms. The zero-order chi connectivity index (χ0) is 20.8. The maximum Gasteiger partial charge on any atom is 0.270 e. The lowest BCUT2D eigenvalue weighted by molar-refractivity contribution is -0.384. The van der Waals surface area contributed by atoms with Gasteiger partial charge in [-0.3, -0.25) is 14.9 Å². The average molecular weight is 392 g/mol. The molecule has 150 valence electrons. The predicted molar refractivity (Wildman–Crippen MR) is 111 cm³/mol. The molecule has 1 unspecified atom stereocenters. The van der Waals surface area contributed by atoms with Gasteiger partial charge in [0.25, 0.3) is 5.69 Å². The summed E-state index contributed by atoms with van der Waals surface area (Å²) in [6.07, 6.45) is 1.61. The molecule has 29 heavy (non-hydrogen) atoms. The van der Waals surface area contributed by atoms with Gasteiger partial charge in [0.1, 0.15) is 6.07 Å². The van der Waals surface area contributed by atoms with Crippen LogP contribution in [0.4, 0.5) is 11.4 Å². The lowest BCUT2D eigenvalue weighted by Gasteiger charge is -2.37. The molecular weight excluding hydrogens is 368 g/mol. The Labute approximate surface area is 170 Å². The Morgan fingerprint density at radius 3 is 2.55 bits per heavy atom. The Hall–Kier alpha value is -3.40. The van der Waals surface area contributed by atoms with Gasteiger partial charge in [0.2, 0.25) is 5.91 Å². The summed E-state index contributed by atoms with van der Waals surface area (Å²) in [4.78, 5) is 25.3. The normalized spacial score (nSPS) is 15.4. The molecule has 0 aliphatic carbocycles. The zero-order valence-electron chi connectivity index (χ0n) is 16.4. The minimum atomic E-state index is -0.492. The van der Waals surface area contributed by atoms with Gasteiger partial charge in [-0.1, -0.05) is 30.3 Å². The zero-order valence-corrected chi connectivity index (χ0v) is 16.4. The Balaban J connectivity index is 1.77. The van der Waals surface area contributed by atoms with Crippen molar-refractivity contribution in [3.63, 3.8) is 0 Å². The molecule has 1 aliphatic heterocycles. The fraction of sp³-hybridized carbons (Fsp3) is 0.364. The summed E-state index contributed by atoms with van der Waals surface area (Å²) in [6, 6.07) is 16.3. The number of nitrogens with one attached hydrogen (secondary N) is 1. The molecule has 0 bridgehead atoms. The van der Waals surface area contributed by atoms with Crippen molar-refractivity contribution in [2.24, 2.45) is 5.92 Å². The third-order valence-corrected chi connectivity index (χ3v) is 5.46. The molecular formula is C22H24N4O3. The first-order valence-electron chi connectivity index (χ1n) is 9.81. The maximum absolute atomic E-state index is 12.8. The van der Waals surface area contributed by atoms with Gasteiger partial charge in [-0.25, -0.2) is 0 Å². The first kappa shape index (κ1) is 20.3. The van der Waals surface area contributed by atoms with E-state index in [0.717, 1.165) is 18.4 Å². The van der Waals surface area contributed by atoms with Crippen LogP contribution in [-0.4, -0.2) is 30.5 Å². The fourth-order valence-corrected chi connectivity index (χ4v) is 4.06. The van der Waals surface area contributed by atoms with Crippen molar-refractivity contribution in [2.45, 2.75) is 25.7 Å². The number of nitro benzene ring substituents is 1. The summed E-state index contributed by atoms with van der Waals surface area (Å²) in [7, 11) is 0. The molecule has 2 aromatic rings. The van der Waals surface area contributed by atoms with Crippen LogP contribution in [0.25, 0.3) is 0 Å². The van der Waals surface area contributed by atoms with Crippen molar-refractivity contribution < 1.29 is 9.72 Å². The number of nitrogens with zero attached hydrogens (tertiary/aromatic N) is 3. The molecule has 1 aliphatic rings. The highest BCUT2D eigenvalue weighted by molar-refractivity contribution is 5.84. The quantitative estimate of drug-likeness (QED) is 0.598. The topological polar surface area (TPSA) is 99.3 Å². The van der Waals surface area contributed by atoms with Crippen molar-refractivity contribution >= 4 is 17.3 Å². The molecule has 1 fully saturated rings. The number of amides is 1. The van der Waals surface area contributed by atoms with E-state index in [4.69, 9.17) is 0 Å². The number of carbonyl (C=O) groups is 1. The molecule has 0 saturated carbocycles. The van der Waals surface area contributed by atoms with Crippen LogP contribution < -0.4 is 10.2 Å². The molecule has 7 nitrogen and oxygen atoms in total. The molecule has 1 saturated heterocycles. The van der Waals surface area contributed by atoms with Gasteiger partial charge in [-0.15, -0.1) is 0 Å². The van der Waals surface area contributed by atoms with E-state index in [-0.39, 0.29) is 23.4 Å². The van der Waals surface area contributed by atoms with Gasteiger partial charge in [0.15, 0.2) is 0 Å². The summed E-state index contributed by atoms with van der Waals surface area (Å²) in [5.41, 5.74) is 1.96. The minimum absolute atomic E-state index is 0.0465. The van der Waals surface area contributed by atoms with Gasteiger partial charge in [-0.2, -0.15) is 5.26 Å². The second kappa shape index (κ2) is 9.20. The average Bonchev–Trinajstić information content (AvgIpc) is 2.75. The van der Waals surface area contributed by atoms with Crippen LogP contribution in [0.2, 0.25) is 0 Å². The van der Waals surface area contributed by atoms with Crippen molar-refractivity contribution in [2.75, 3.05) is 24.5 Å². The number of anilines is 1. The summed E-state index contributed by atoms with van der Waals surface area (Å²) >= 11 is 0. The molecule has 1 atom stereocenters. The number of likely N-dealkylation sites (N-methyl/N-ethyl adjacent to an activating group) is 1. The number of piperidine rings is 1. The van der Waals surface area contributed by atoms with Crippen LogP contribution >= 0.6 is 0 Å². The number of benzene rings is 2. The predicted octanol–water partition coefficient (Wildman–Crippen LogP) is 3.60. The molecule has 7 heteroatoms. The standard InChI is InChI=1S/C22H24N4O3/c1-2-24-22(27)21(16-6-4-3-5-7-16)17-10-12-25(13-11-17)20-9-8-19(26(28)29)14-18(20)15-23/h3-9,14,17,21H,2,10-13H2,1H3,(H,24,27). The molecule has 2 aromatic carbocycles. The number of rotatable bonds is 6. The van der Waals surface area contributed by atoms with Crippen molar-refractivity contribution in [1.82, 2.24) is 5.32 Å². The van der Waals surface area contributed by atoms with Gasteiger partial charge in [-0.05, 0) is 37.3 Å². The summed E-state index contributed by atoms with van der Waals surface area (Å²) < 4.78 is 0. The lowest BCUT2D eigenvalue weighted by atomic mass is 9.79. The van der Waals surface area contributed by atoms with Crippen LogP contribution in [0, 0.1) is 27.4 Å². The molecule has 0 aromatic heterocycles. The first-order chi connectivity index (χ1) is 14.0. The van der Waals surface area contributed by atoms with Crippen molar-refractivity contribution in [3.8, 4) is 6.07 Å². The number of nitriles is 1. The van der Waals surface area contributed by atoms with Gasteiger partial charge < -0.3 is 10.2 Å². The van der Waals surface area contributed by atoms with E-state index in [1.807, 2.05) is 37.3 Å². The van der Waals surface area contributed by atoms with Gasteiger partial charge in [0, 0.05) is 31.8 Å². The molecule has 1 amide bonds. The third-order valence-electron chi connectivity index (χ3n) is 5.46. The number of carbonyl (C=O) groups excluding carboxylic acids is 1. The Kier molecular flexibility index (Phi) is 6.45.